The van der Waals surface area contributed by atoms with E-state index in [-0.39, 0.29) is 24.1 Å². The van der Waals surface area contributed by atoms with Crippen molar-refractivity contribution in [1.29, 1.82) is 0 Å². The molecule has 158 valence electrons. The topological polar surface area (TPSA) is 68.9 Å². The Kier molecular flexibility index (Phi) is 5.28. The van der Waals surface area contributed by atoms with E-state index < -0.39 is 0 Å². The lowest BCUT2D eigenvalue weighted by Gasteiger charge is -2.13. The number of fused-ring (bicyclic) bond motifs is 3. The molecule has 4 aromatic rings. The Hall–Kier alpha value is -3.41. The van der Waals surface area contributed by atoms with Crippen LogP contribution >= 0.6 is 0 Å². The molecule has 0 atom stereocenters. The molecule has 0 unspecified atom stereocenters. The number of nitrogens with one attached hydrogen (secondary N) is 1. The van der Waals surface area contributed by atoms with E-state index in [4.69, 9.17) is 0 Å². The van der Waals surface area contributed by atoms with Gasteiger partial charge in [0.2, 0.25) is 5.91 Å². The van der Waals surface area contributed by atoms with Crippen LogP contribution in [0.4, 0.5) is 0 Å². The third-order valence-electron chi connectivity index (χ3n) is 6.24. The first kappa shape index (κ1) is 19.5. The lowest BCUT2D eigenvalue weighted by atomic mass is 10.1. The normalized spacial score (nSPS) is 14.5. The Morgan fingerprint density at radius 3 is 2.58 bits per heavy atom. The number of aryl methyl sites for hydroxylation is 2. The minimum atomic E-state index is -0.106. The average molecular weight is 415 g/mol. The number of benzene rings is 2. The zero-order chi connectivity index (χ0) is 21.2. The van der Waals surface area contributed by atoms with Crippen molar-refractivity contribution in [3.8, 4) is 0 Å². The predicted octanol–water partition coefficient (Wildman–Crippen LogP) is 3.65. The second-order valence-corrected chi connectivity index (χ2v) is 8.33. The van der Waals surface area contributed by atoms with Gasteiger partial charge in [-0.15, -0.1) is 0 Å². The molecule has 5 rings (SSSR count). The number of aromatic nitrogens is 3. The molecule has 1 fully saturated rings. The van der Waals surface area contributed by atoms with E-state index in [1.165, 1.54) is 5.56 Å². The Labute approximate surface area is 180 Å². The number of carbonyl (C=O) groups is 1. The highest BCUT2D eigenvalue weighted by molar-refractivity contribution is 6.06. The fraction of sp³-hybridized carbons (Fsp3) is 0.320. The van der Waals surface area contributed by atoms with Gasteiger partial charge in [-0.2, -0.15) is 0 Å². The van der Waals surface area contributed by atoms with Crippen molar-refractivity contribution in [3.05, 3.63) is 76.8 Å². The Balaban J connectivity index is 1.52. The van der Waals surface area contributed by atoms with E-state index >= 15 is 0 Å². The summed E-state index contributed by atoms with van der Waals surface area (Å²) < 4.78 is 3.49. The van der Waals surface area contributed by atoms with E-state index in [9.17, 15) is 9.59 Å². The summed E-state index contributed by atoms with van der Waals surface area (Å²) in [7, 11) is 0. The summed E-state index contributed by atoms with van der Waals surface area (Å²) in [5, 5.41) is 4.04. The largest absolute Gasteiger partial charge is 0.352 e. The van der Waals surface area contributed by atoms with Crippen LogP contribution in [0.15, 0.2) is 65.7 Å². The number of hydrogen-bond acceptors (Lipinski definition) is 3. The molecular weight excluding hydrogens is 388 g/mol. The minimum Gasteiger partial charge on any atom is -0.352 e. The van der Waals surface area contributed by atoms with Gasteiger partial charge in [-0.25, -0.2) is 4.98 Å². The molecule has 6 heteroatoms. The highest BCUT2D eigenvalue weighted by Gasteiger charge is 2.21. The van der Waals surface area contributed by atoms with E-state index in [1.54, 1.807) is 10.9 Å². The van der Waals surface area contributed by atoms with Crippen molar-refractivity contribution < 1.29 is 4.79 Å². The summed E-state index contributed by atoms with van der Waals surface area (Å²) in [6.07, 6.45) is 6.77. The van der Waals surface area contributed by atoms with Crippen molar-refractivity contribution in [2.75, 3.05) is 0 Å². The van der Waals surface area contributed by atoms with E-state index in [2.05, 4.69) is 22.4 Å². The maximum Gasteiger partial charge on any atom is 0.277 e. The van der Waals surface area contributed by atoms with Gasteiger partial charge in [0.25, 0.3) is 5.56 Å². The van der Waals surface area contributed by atoms with Crippen LogP contribution in [-0.2, 0) is 24.3 Å². The molecule has 6 nitrogen and oxygen atoms in total. The monoisotopic (exact) mass is 414 g/mol. The number of nitrogens with zero attached hydrogens (tertiary/aromatic N) is 3. The first-order valence-electron chi connectivity index (χ1n) is 11.0. The molecule has 1 amide bonds. The summed E-state index contributed by atoms with van der Waals surface area (Å²) in [4.78, 5) is 30.9. The molecule has 31 heavy (non-hydrogen) atoms. The molecule has 1 aliphatic rings. The van der Waals surface area contributed by atoms with Crippen molar-refractivity contribution in [3.63, 3.8) is 0 Å². The minimum absolute atomic E-state index is 0.0476. The maximum absolute atomic E-state index is 13.4. The third kappa shape index (κ3) is 3.85. The second kappa shape index (κ2) is 8.38. The van der Waals surface area contributed by atoms with Crippen LogP contribution in [0.1, 0.15) is 31.2 Å². The first-order valence-corrected chi connectivity index (χ1v) is 11.0. The number of amides is 1. The van der Waals surface area contributed by atoms with Gasteiger partial charge in [0, 0.05) is 18.0 Å². The van der Waals surface area contributed by atoms with Crippen LogP contribution in [0.5, 0.6) is 0 Å². The van der Waals surface area contributed by atoms with Gasteiger partial charge in [-0.1, -0.05) is 61.4 Å². The van der Waals surface area contributed by atoms with Gasteiger partial charge in [0.15, 0.2) is 0 Å². The van der Waals surface area contributed by atoms with Crippen LogP contribution < -0.4 is 10.9 Å². The molecule has 0 bridgehead atoms. The maximum atomic E-state index is 13.4. The lowest BCUT2D eigenvalue weighted by molar-refractivity contribution is -0.122. The van der Waals surface area contributed by atoms with Gasteiger partial charge in [0.05, 0.1) is 11.8 Å². The summed E-state index contributed by atoms with van der Waals surface area (Å²) >= 11 is 0. The molecule has 1 saturated carbocycles. The van der Waals surface area contributed by atoms with Crippen LogP contribution in [-0.4, -0.2) is 26.1 Å². The van der Waals surface area contributed by atoms with Gasteiger partial charge in [0.1, 0.15) is 17.6 Å². The number of rotatable bonds is 6. The molecule has 0 aliphatic heterocycles. The van der Waals surface area contributed by atoms with Crippen molar-refractivity contribution >= 4 is 27.8 Å². The van der Waals surface area contributed by atoms with E-state index in [0.29, 0.717) is 17.6 Å². The molecular formula is C25H26N4O2. The predicted molar refractivity (Wildman–Crippen MR) is 122 cm³/mol. The van der Waals surface area contributed by atoms with Crippen LogP contribution in [0.3, 0.4) is 0 Å². The highest BCUT2D eigenvalue weighted by Crippen LogP contribution is 2.25. The van der Waals surface area contributed by atoms with Crippen molar-refractivity contribution in [1.82, 2.24) is 19.4 Å². The Bertz CT molecular complexity index is 1280. The van der Waals surface area contributed by atoms with Crippen LogP contribution in [0.25, 0.3) is 21.9 Å². The van der Waals surface area contributed by atoms with Gasteiger partial charge in [-0.3, -0.25) is 14.2 Å². The second-order valence-electron chi connectivity index (χ2n) is 8.33. The smallest absolute Gasteiger partial charge is 0.277 e. The zero-order valence-electron chi connectivity index (χ0n) is 17.5. The van der Waals surface area contributed by atoms with E-state index in [1.807, 2.05) is 47.0 Å². The summed E-state index contributed by atoms with van der Waals surface area (Å²) in [6.45, 7) is 0.668. The molecule has 1 N–H and O–H groups in total. The van der Waals surface area contributed by atoms with Gasteiger partial charge < -0.3 is 9.88 Å². The van der Waals surface area contributed by atoms with E-state index in [0.717, 1.165) is 43.0 Å². The summed E-state index contributed by atoms with van der Waals surface area (Å²) in [5.41, 5.74) is 3.09. The molecule has 2 aromatic heterocycles. The Morgan fingerprint density at radius 2 is 1.77 bits per heavy atom. The fourth-order valence-electron chi connectivity index (χ4n) is 4.65. The fourth-order valence-corrected chi connectivity index (χ4v) is 4.65. The first-order chi connectivity index (χ1) is 15.2. The molecule has 2 heterocycles. The Morgan fingerprint density at radius 1 is 1.03 bits per heavy atom. The van der Waals surface area contributed by atoms with Crippen LogP contribution in [0, 0.1) is 0 Å². The zero-order valence-corrected chi connectivity index (χ0v) is 17.5. The van der Waals surface area contributed by atoms with Crippen LogP contribution in [0.2, 0.25) is 0 Å². The standard InChI is InChI=1S/C25H26N4O2/c30-22(27-19-10-4-5-11-19)16-29-21-13-7-6-12-20(21)23-24(29)25(31)28(17-26-23)15-14-18-8-2-1-3-9-18/h1-3,6-9,12-13,17,19H,4-5,10-11,14-16H2,(H,27,30). The van der Waals surface area contributed by atoms with Crippen molar-refractivity contribution in [2.24, 2.45) is 0 Å². The van der Waals surface area contributed by atoms with Gasteiger partial charge in [-0.05, 0) is 30.9 Å². The number of para-hydroxylation sites is 1. The SMILES string of the molecule is O=C(Cn1c2ccccc2c2ncn(CCc3ccccc3)c(=O)c21)NC1CCCC1. The molecule has 0 saturated heterocycles. The molecule has 1 aliphatic carbocycles. The molecule has 2 aromatic carbocycles. The summed E-state index contributed by atoms with van der Waals surface area (Å²) in [6, 6.07) is 18.1. The van der Waals surface area contributed by atoms with Crippen molar-refractivity contribution in [2.45, 2.75) is 51.2 Å². The quantitative estimate of drug-likeness (QED) is 0.524. The number of carbonyl (C=O) groups excluding carboxylic acids is 1. The number of hydrogen-bond donors (Lipinski definition) is 1. The lowest BCUT2D eigenvalue weighted by Crippen LogP contribution is -2.35. The molecule has 0 radical (unpaired) electrons. The highest BCUT2D eigenvalue weighted by atomic mass is 16.2. The van der Waals surface area contributed by atoms with Gasteiger partial charge >= 0.3 is 0 Å². The molecule has 0 spiro atoms. The summed E-state index contributed by atoms with van der Waals surface area (Å²) in [5.74, 6) is -0.0476. The third-order valence-corrected chi connectivity index (χ3v) is 6.24. The average Bonchev–Trinajstić information content (AvgIpc) is 3.41.